The summed E-state index contributed by atoms with van der Waals surface area (Å²) < 4.78 is 1.25. The van der Waals surface area contributed by atoms with Crippen LogP contribution in [0.5, 0.6) is 0 Å². The highest BCUT2D eigenvalue weighted by Crippen LogP contribution is 2.31. The lowest BCUT2D eigenvalue weighted by atomic mass is 10.3. The molecular formula is C12H19N3O2S2. The van der Waals surface area contributed by atoms with E-state index in [1.807, 2.05) is 18.0 Å². The van der Waals surface area contributed by atoms with Gasteiger partial charge < -0.3 is 14.9 Å². The molecule has 1 aliphatic heterocycles. The van der Waals surface area contributed by atoms with E-state index in [2.05, 4.69) is 16.8 Å². The van der Waals surface area contributed by atoms with Crippen molar-refractivity contribution in [2.24, 2.45) is 0 Å². The fraction of sp³-hybridized carbons (Fsp3) is 0.667. The van der Waals surface area contributed by atoms with Crippen LogP contribution in [-0.4, -0.2) is 53.0 Å². The molecular weight excluding hydrogens is 282 g/mol. The largest absolute Gasteiger partial charge is 0.465 e. The average molecular weight is 301 g/mol. The number of rotatable bonds is 5. The van der Waals surface area contributed by atoms with Gasteiger partial charge in [0.05, 0.1) is 10.4 Å². The molecule has 0 spiro atoms. The first-order chi connectivity index (χ1) is 9.20. The van der Waals surface area contributed by atoms with E-state index in [-0.39, 0.29) is 0 Å². The Hall–Kier alpha value is -0.950. The lowest BCUT2D eigenvalue weighted by Crippen LogP contribution is -2.48. The second-order valence-electron chi connectivity index (χ2n) is 4.42. The number of hydrogen-bond donors (Lipinski definition) is 1. The third-order valence-electron chi connectivity index (χ3n) is 3.04. The maximum atomic E-state index is 10.8. The van der Waals surface area contributed by atoms with E-state index in [1.54, 1.807) is 11.3 Å². The Morgan fingerprint density at radius 3 is 2.84 bits per heavy atom. The lowest BCUT2D eigenvalue weighted by Gasteiger charge is -2.32. The lowest BCUT2D eigenvalue weighted by molar-refractivity contribution is 0.142. The van der Waals surface area contributed by atoms with Crippen molar-refractivity contribution in [2.75, 3.05) is 36.8 Å². The van der Waals surface area contributed by atoms with E-state index in [9.17, 15) is 4.79 Å². The number of anilines is 1. The molecule has 1 N–H and O–H groups in total. The van der Waals surface area contributed by atoms with Crippen LogP contribution in [0.2, 0.25) is 0 Å². The van der Waals surface area contributed by atoms with Gasteiger partial charge in [0.2, 0.25) is 0 Å². The SMILES string of the molecule is CCCCSc1cnc(N2CCN(C(=O)O)CC2)s1. The number of carboxylic acid groups (broad SMARTS) is 1. The fourth-order valence-corrected chi connectivity index (χ4v) is 4.04. The molecule has 0 bridgehead atoms. The fourth-order valence-electron chi connectivity index (χ4n) is 1.87. The van der Waals surface area contributed by atoms with E-state index in [1.165, 1.54) is 22.0 Å². The predicted octanol–water partition coefficient (Wildman–Crippen LogP) is 2.84. The minimum atomic E-state index is -0.824. The van der Waals surface area contributed by atoms with Gasteiger partial charge in [-0.25, -0.2) is 9.78 Å². The molecule has 5 nitrogen and oxygen atoms in total. The monoisotopic (exact) mass is 301 g/mol. The quantitative estimate of drug-likeness (QED) is 0.669. The molecule has 1 aliphatic rings. The van der Waals surface area contributed by atoms with Crippen LogP contribution in [0.3, 0.4) is 0 Å². The highest BCUT2D eigenvalue weighted by molar-refractivity contribution is 8.01. The number of carbonyl (C=O) groups is 1. The molecule has 0 aliphatic carbocycles. The summed E-state index contributed by atoms with van der Waals surface area (Å²) in [7, 11) is 0. The number of unbranched alkanes of at least 4 members (excludes halogenated alkanes) is 1. The third-order valence-corrected chi connectivity index (χ3v) is 5.37. The van der Waals surface area contributed by atoms with Crippen molar-refractivity contribution in [1.29, 1.82) is 0 Å². The summed E-state index contributed by atoms with van der Waals surface area (Å²) in [5, 5.41) is 9.93. The van der Waals surface area contributed by atoms with Crippen LogP contribution in [0.1, 0.15) is 19.8 Å². The smallest absolute Gasteiger partial charge is 0.407 e. The summed E-state index contributed by atoms with van der Waals surface area (Å²) in [6, 6.07) is 0. The topological polar surface area (TPSA) is 56.7 Å². The highest BCUT2D eigenvalue weighted by atomic mass is 32.2. The number of thioether (sulfide) groups is 1. The Bertz CT molecular complexity index is 417. The minimum absolute atomic E-state index is 0.563. The van der Waals surface area contributed by atoms with Gasteiger partial charge in [0.25, 0.3) is 0 Å². The molecule has 7 heteroatoms. The molecule has 106 valence electrons. The number of thiazole rings is 1. The molecule has 1 saturated heterocycles. The van der Waals surface area contributed by atoms with Gasteiger partial charge in [-0.15, -0.1) is 11.8 Å². The van der Waals surface area contributed by atoms with Crippen molar-refractivity contribution in [1.82, 2.24) is 9.88 Å². The van der Waals surface area contributed by atoms with E-state index in [0.29, 0.717) is 13.1 Å². The van der Waals surface area contributed by atoms with Gasteiger partial charge in [-0.3, -0.25) is 0 Å². The summed E-state index contributed by atoms with van der Waals surface area (Å²) in [5.41, 5.74) is 0. The second-order valence-corrected chi connectivity index (χ2v) is 6.82. The van der Waals surface area contributed by atoms with Gasteiger partial charge in [0.1, 0.15) is 0 Å². The molecule has 0 saturated carbocycles. The average Bonchev–Trinajstić information content (AvgIpc) is 2.88. The summed E-state index contributed by atoms with van der Waals surface area (Å²) in [6.45, 7) is 4.79. The van der Waals surface area contributed by atoms with Crippen LogP contribution in [-0.2, 0) is 0 Å². The molecule has 0 atom stereocenters. The summed E-state index contributed by atoms with van der Waals surface area (Å²) in [6.07, 6.45) is 3.56. The van der Waals surface area contributed by atoms with E-state index < -0.39 is 6.09 Å². The van der Waals surface area contributed by atoms with E-state index in [0.717, 1.165) is 24.0 Å². The summed E-state index contributed by atoms with van der Waals surface area (Å²) >= 11 is 3.57. The van der Waals surface area contributed by atoms with Crippen LogP contribution in [0.15, 0.2) is 10.4 Å². The Morgan fingerprint density at radius 1 is 1.47 bits per heavy atom. The van der Waals surface area contributed by atoms with Crippen molar-refractivity contribution in [2.45, 2.75) is 24.0 Å². The van der Waals surface area contributed by atoms with Crippen LogP contribution in [0, 0.1) is 0 Å². The van der Waals surface area contributed by atoms with Crippen LogP contribution in [0.4, 0.5) is 9.93 Å². The number of nitrogens with zero attached hydrogens (tertiary/aromatic N) is 3. The molecule has 1 amide bonds. The third kappa shape index (κ3) is 4.01. The summed E-state index contributed by atoms with van der Waals surface area (Å²) in [4.78, 5) is 18.9. The van der Waals surface area contributed by atoms with Gasteiger partial charge >= 0.3 is 6.09 Å². The van der Waals surface area contributed by atoms with Crippen molar-refractivity contribution < 1.29 is 9.90 Å². The van der Waals surface area contributed by atoms with Gasteiger partial charge in [-0.05, 0) is 12.2 Å². The van der Waals surface area contributed by atoms with E-state index in [4.69, 9.17) is 5.11 Å². The summed E-state index contributed by atoms with van der Waals surface area (Å²) in [5.74, 6) is 1.14. The molecule has 0 radical (unpaired) electrons. The van der Waals surface area contributed by atoms with Crippen LogP contribution >= 0.6 is 23.1 Å². The van der Waals surface area contributed by atoms with Crippen molar-refractivity contribution in [3.63, 3.8) is 0 Å². The molecule has 0 unspecified atom stereocenters. The maximum Gasteiger partial charge on any atom is 0.407 e. The van der Waals surface area contributed by atoms with Crippen LogP contribution in [0.25, 0.3) is 0 Å². The molecule has 19 heavy (non-hydrogen) atoms. The van der Waals surface area contributed by atoms with Crippen molar-refractivity contribution in [3.8, 4) is 0 Å². The zero-order valence-electron chi connectivity index (χ0n) is 11.0. The Labute approximate surface area is 121 Å². The van der Waals surface area contributed by atoms with Crippen molar-refractivity contribution >= 4 is 34.3 Å². The minimum Gasteiger partial charge on any atom is -0.465 e. The second kappa shape index (κ2) is 7.00. The molecule has 1 fully saturated rings. The molecule has 1 aromatic rings. The number of aromatic nitrogens is 1. The Kier molecular flexibility index (Phi) is 5.33. The first-order valence-electron chi connectivity index (χ1n) is 6.52. The number of amides is 1. The normalized spacial score (nSPS) is 15.8. The molecule has 0 aromatic carbocycles. The van der Waals surface area contributed by atoms with Gasteiger partial charge in [0, 0.05) is 26.2 Å². The van der Waals surface area contributed by atoms with E-state index >= 15 is 0 Å². The molecule has 2 heterocycles. The maximum absolute atomic E-state index is 10.8. The van der Waals surface area contributed by atoms with Gasteiger partial charge in [-0.2, -0.15) is 0 Å². The predicted molar refractivity (Wildman–Crippen MR) is 79.6 cm³/mol. The first-order valence-corrected chi connectivity index (χ1v) is 8.32. The Balaban J connectivity index is 1.84. The molecule has 1 aromatic heterocycles. The zero-order chi connectivity index (χ0) is 13.7. The van der Waals surface area contributed by atoms with Crippen LogP contribution < -0.4 is 4.90 Å². The zero-order valence-corrected chi connectivity index (χ0v) is 12.7. The standard InChI is InChI=1S/C12H19N3O2S2/c1-2-3-8-18-10-9-13-11(19-10)14-4-6-15(7-5-14)12(16)17/h9H,2-8H2,1H3,(H,16,17). The highest BCUT2D eigenvalue weighted by Gasteiger charge is 2.22. The molecule has 2 rings (SSSR count). The number of hydrogen-bond acceptors (Lipinski definition) is 5. The first kappa shape index (κ1) is 14.5. The van der Waals surface area contributed by atoms with Crippen molar-refractivity contribution in [3.05, 3.63) is 6.20 Å². The Morgan fingerprint density at radius 2 is 2.21 bits per heavy atom. The number of piperazine rings is 1. The van der Waals surface area contributed by atoms with Gasteiger partial charge in [0.15, 0.2) is 5.13 Å². The van der Waals surface area contributed by atoms with Gasteiger partial charge in [-0.1, -0.05) is 24.7 Å².